The molecule has 2 atom stereocenters. The van der Waals surface area contributed by atoms with Crippen molar-refractivity contribution in [1.29, 1.82) is 0 Å². The molecule has 0 radical (unpaired) electrons. The molecule has 1 saturated heterocycles. The lowest BCUT2D eigenvalue weighted by Crippen LogP contribution is -2.51. The Bertz CT molecular complexity index is 194. The Kier molecular flexibility index (Phi) is 4.58. The van der Waals surface area contributed by atoms with Crippen LogP contribution in [-0.4, -0.2) is 18.0 Å². The number of rotatable bonds is 3. The van der Waals surface area contributed by atoms with Crippen LogP contribution in [0.2, 0.25) is 0 Å². The summed E-state index contributed by atoms with van der Waals surface area (Å²) in [5.74, 6) is 1.42. The molecule has 0 aromatic rings. The SMILES string of the molecule is CC(C)C1OC(C(C)C)(C(C)C)OCP1. The standard InChI is InChI=1S/C12H25O2P/c1-8(2)11-14-12(9(3)4,10(5)6)13-7-15-11/h8-11,15H,7H2,1-6H3. The zero-order valence-corrected chi connectivity index (χ0v) is 11.8. The lowest BCUT2D eigenvalue weighted by molar-refractivity contribution is -0.297. The highest BCUT2D eigenvalue weighted by Crippen LogP contribution is 2.44. The normalized spacial score (nSPS) is 28.2. The van der Waals surface area contributed by atoms with E-state index in [1.807, 2.05) is 0 Å². The van der Waals surface area contributed by atoms with Gasteiger partial charge in [0, 0.05) is 11.8 Å². The fourth-order valence-corrected chi connectivity index (χ4v) is 3.37. The van der Waals surface area contributed by atoms with Gasteiger partial charge in [0.05, 0.1) is 12.2 Å². The first-order chi connectivity index (χ1) is 6.90. The van der Waals surface area contributed by atoms with Gasteiger partial charge in [-0.25, -0.2) is 0 Å². The Balaban J connectivity index is 2.80. The van der Waals surface area contributed by atoms with Crippen LogP contribution in [0.3, 0.4) is 0 Å². The molecule has 2 unspecified atom stereocenters. The van der Waals surface area contributed by atoms with E-state index in [-0.39, 0.29) is 5.79 Å². The van der Waals surface area contributed by atoms with Gasteiger partial charge >= 0.3 is 0 Å². The molecule has 0 aromatic carbocycles. The van der Waals surface area contributed by atoms with Crippen molar-refractivity contribution in [3.63, 3.8) is 0 Å². The summed E-state index contributed by atoms with van der Waals surface area (Å²) in [5, 5.41) is 0. The zero-order valence-electron chi connectivity index (χ0n) is 10.8. The summed E-state index contributed by atoms with van der Waals surface area (Å²) in [7, 11) is 0.781. The van der Waals surface area contributed by atoms with Crippen LogP contribution in [0.4, 0.5) is 0 Å². The zero-order chi connectivity index (χ0) is 11.6. The van der Waals surface area contributed by atoms with E-state index in [0.717, 1.165) is 14.9 Å². The van der Waals surface area contributed by atoms with E-state index >= 15 is 0 Å². The first kappa shape index (κ1) is 13.4. The molecule has 1 aliphatic heterocycles. The van der Waals surface area contributed by atoms with Gasteiger partial charge in [-0.05, 0) is 5.92 Å². The summed E-state index contributed by atoms with van der Waals surface area (Å²) in [6.07, 6.45) is 0.860. The highest BCUT2D eigenvalue weighted by Gasteiger charge is 2.44. The summed E-state index contributed by atoms with van der Waals surface area (Å²) >= 11 is 0. The van der Waals surface area contributed by atoms with Crippen molar-refractivity contribution in [2.24, 2.45) is 17.8 Å². The molecular formula is C12H25O2P. The highest BCUT2D eigenvalue weighted by atomic mass is 31.1. The Labute approximate surface area is 95.9 Å². The largest absolute Gasteiger partial charge is 0.345 e. The molecule has 0 bridgehead atoms. The quantitative estimate of drug-likeness (QED) is 0.691. The highest BCUT2D eigenvalue weighted by molar-refractivity contribution is 7.38. The summed E-state index contributed by atoms with van der Waals surface area (Å²) in [6, 6.07) is 0. The average Bonchev–Trinajstić information content (AvgIpc) is 2.17. The van der Waals surface area contributed by atoms with E-state index in [2.05, 4.69) is 41.5 Å². The first-order valence-electron chi connectivity index (χ1n) is 5.95. The summed E-state index contributed by atoms with van der Waals surface area (Å²) in [6.45, 7) is 13.2. The number of ether oxygens (including phenoxy) is 2. The van der Waals surface area contributed by atoms with Crippen LogP contribution in [0.25, 0.3) is 0 Å². The van der Waals surface area contributed by atoms with Crippen LogP contribution < -0.4 is 0 Å². The first-order valence-corrected chi connectivity index (χ1v) is 7.23. The predicted molar refractivity (Wildman–Crippen MR) is 66.4 cm³/mol. The lowest BCUT2D eigenvalue weighted by Gasteiger charge is -2.47. The van der Waals surface area contributed by atoms with Crippen molar-refractivity contribution in [3.8, 4) is 0 Å². The smallest absolute Gasteiger partial charge is 0.174 e. The number of hydrogen-bond donors (Lipinski definition) is 0. The molecule has 0 aromatic heterocycles. The Morgan fingerprint density at radius 1 is 1.07 bits per heavy atom. The van der Waals surface area contributed by atoms with Gasteiger partial charge in [0.2, 0.25) is 0 Å². The molecule has 0 N–H and O–H groups in total. The topological polar surface area (TPSA) is 18.5 Å². The Hall–Kier alpha value is 0.350. The average molecular weight is 232 g/mol. The van der Waals surface area contributed by atoms with Gasteiger partial charge < -0.3 is 9.47 Å². The van der Waals surface area contributed by atoms with E-state index < -0.39 is 0 Å². The van der Waals surface area contributed by atoms with Gasteiger partial charge in [0.1, 0.15) is 0 Å². The van der Waals surface area contributed by atoms with E-state index in [0.29, 0.717) is 23.6 Å². The second-order valence-corrected chi connectivity index (χ2v) is 6.57. The molecular weight excluding hydrogens is 207 g/mol. The van der Waals surface area contributed by atoms with Gasteiger partial charge in [0.25, 0.3) is 0 Å². The van der Waals surface area contributed by atoms with Crippen molar-refractivity contribution >= 4 is 8.58 Å². The molecule has 15 heavy (non-hydrogen) atoms. The molecule has 2 nitrogen and oxygen atoms in total. The van der Waals surface area contributed by atoms with Gasteiger partial charge in [-0.1, -0.05) is 50.1 Å². The fourth-order valence-electron chi connectivity index (χ4n) is 2.15. The van der Waals surface area contributed by atoms with Crippen molar-refractivity contribution in [2.45, 2.75) is 53.2 Å². The third kappa shape index (κ3) is 2.72. The van der Waals surface area contributed by atoms with E-state index in [9.17, 15) is 0 Å². The van der Waals surface area contributed by atoms with E-state index in [4.69, 9.17) is 9.47 Å². The summed E-state index contributed by atoms with van der Waals surface area (Å²) in [5.41, 5.74) is 0. The second kappa shape index (κ2) is 5.12. The molecule has 1 aliphatic rings. The monoisotopic (exact) mass is 232 g/mol. The molecule has 0 spiro atoms. The van der Waals surface area contributed by atoms with Crippen LogP contribution in [0, 0.1) is 17.8 Å². The maximum Gasteiger partial charge on any atom is 0.174 e. The van der Waals surface area contributed by atoms with Gasteiger partial charge in [-0.3, -0.25) is 0 Å². The minimum Gasteiger partial charge on any atom is -0.345 e. The predicted octanol–water partition coefficient (Wildman–Crippen LogP) is 3.66. The molecule has 90 valence electrons. The third-order valence-electron chi connectivity index (χ3n) is 3.11. The molecule has 3 heteroatoms. The lowest BCUT2D eigenvalue weighted by atomic mass is 9.91. The fraction of sp³-hybridized carbons (Fsp3) is 1.00. The maximum absolute atomic E-state index is 6.25. The van der Waals surface area contributed by atoms with E-state index in [1.54, 1.807) is 0 Å². The van der Waals surface area contributed by atoms with Crippen molar-refractivity contribution < 1.29 is 9.47 Å². The van der Waals surface area contributed by atoms with Crippen LogP contribution in [0.1, 0.15) is 41.5 Å². The second-order valence-electron chi connectivity index (χ2n) is 5.31. The third-order valence-corrected chi connectivity index (χ3v) is 4.61. The van der Waals surface area contributed by atoms with Crippen LogP contribution >= 0.6 is 8.58 Å². The van der Waals surface area contributed by atoms with Crippen molar-refractivity contribution in [3.05, 3.63) is 0 Å². The van der Waals surface area contributed by atoms with E-state index in [1.165, 1.54) is 0 Å². The summed E-state index contributed by atoms with van der Waals surface area (Å²) in [4.78, 5) is 0. The molecule has 0 aliphatic carbocycles. The van der Waals surface area contributed by atoms with Crippen molar-refractivity contribution in [2.75, 3.05) is 6.35 Å². The molecule has 0 saturated carbocycles. The summed E-state index contributed by atoms with van der Waals surface area (Å²) < 4.78 is 12.2. The van der Waals surface area contributed by atoms with Gasteiger partial charge in [-0.15, -0.1) is 0 Å². The number of hydrogen-bond acceptors (Lipinski definition) is 2. The Morgan fingerprint density at radius 3 is 2.00 bits per heavy atom. The minimum atomic E-state index is -0.361. The molecule has 1 rings (SSSR count). The van der Waals surface area contributed by atoms with Gasteiger partial charge in [0.15, 0.2) is 5.79 Å². The van der Waals surface area contributed by atoms with Crippen LogP contribution in [0.5, 0.6) is 0 Å². The Morgan fingerprint density at radius 2 is 1.60 bits per heavy atom. The molecule has 1 heterocycles. The minimum absolute atomic E-state index is 0.361. The van der Waals surface area contributed by atoms with Crippen molar-refractivity contribution in [1.82, 2.24) is 0 Å². The van der Waals surface area contributed by atoms with Crippen LogP contribution in [-0.2, 0) is 9.47 Å². The molecule has 0 amide bonds. The maximum atomic E-state index is 6.25. The van der Waals surface area contributed by atoms with Crippen LogP contribution in [0.15, 0.2) is 0 Å². The van der Waals surface area contributed by atoms with Gasteiger partial charge in [-0.2, -0.15) is 0 Å². The molecule has 1 fully saturated rings.